The van der Waals surface area contributed by atoms with Crippen molar-refractivity contribution in [3.8, 4) is 17.2 Å². The van der Waals surface area contributed by atoms with Crippen LogP contribution in [0.3, 0.4) is 0 Å². The molecule has 0 aliphatic carbocycles. The lowest BCUT2D eigenvalue weighted by atomic mass is 9.99. The van der Waals surface area contributed by atoms with E-state index >= 15 is 0 Å². The van der Waals surface area contributed by atoms with E-state index in [1.54, 1.807) is 24.3 Å². The average molecular weight is 439 g/mol. The van der Waals surface area contributed by atoms with E-state index in [4.69, 9.17) is 9.47 Å². The number of fused-ring (bicyclic) bond motifs is 1. The quantitative estimate of drug-likeness (QED) is 0.647. The van der Waals surface area contributed by atoms with Gasteiger partial charge in [-0.05, 0) is 50.2 Å². The van der Waals surface area contributed by atoms with Gasteiger partial charge in [0.15, 0.2) is 15.7 Å². The Morgan fingerprint density at radius 2 is 1.90 bits per heavy atom. The van der Waals surface area contributed by atoms with Gasteiger partial charge in [-0.1, -0.05) is 0 Å². The second-order valence-electron chi connectivity index (χ2n) is 7.88. The summed E-state index contributed by atoms with van der Waals surface area (Å²) >= 11 is 0. The van der Waals surface area contributed by atoms with Crippen LogP contribution in [0.5, 0.6) is 17.2 Å². The first-order valence-electron chi connectivity index (χ1n) is 9.52. The Hall–Kier alpha value is -3.46. The molecule has 0 atom stereocenters. The Morgan fingerprint density at radius 1 is 1.16 bits per heavy atom. The number of sulfone groups is 1. The van der Waals surface area contributed by atoms with Crippen molar-refractivity contribution in [2.24, 2.45) is 0 Å². The van der Waals surface area contributed by atoms with Crippen LogP contribution in [-0.4, -0.2) is 36.1 Å². The number of benzene rings is 2. The molecule has 1 aliphatic heterocycles. The van der Waals surface area contributed by atoms with E-state index in [1.807, 2.05) is 13.8 Å². The maximum Gasteiger partial charge on any atom is 0.257 e. The number of anilines is 1. The van der Waals surface area contributed by atoms with Crippen LogP contribution in [0, 0.1) is 0 Å². The Kier molecular flexibility index (Phi) is 5.14. The molecule has 1 aliphatic rings. The highest BCUT2D eigenvalue weighted by atomic mass is 32.2. The van der Waals surface area contributed by atoms with Gasteiger partial charge in [0, 0.05) is 36.2 Å². The summed E-state index contributed by atoms with van der Waals surface area (Å²) in [6.07, 6.45) is 6.20. The predicted molar refractivity (Wildman–Crippen MR) is 114 cm³/mol. The molecule has 0 radical (unpaired) electrons. The van der Waals surface area contributed by atoms with E-state index in [0.29, 0.717) is 35.1 Å². The zero-order valence-corrected chi connectivity index (χ0v) is 18.1. The van der Waals surface area contributed by atoms with E-state index in [0.717, 1.165) is 11.8 Å². The molecule has 0 saturated heterocycles. The molecule has 2 aromatic carbocycles. The van der Waals surface area contributed by atoms with Gasteiger partial charge in [-0.2, -0.15) is 0 Å². The van der Waals surface area contributed by atoms with Crippen molar-refractivity contribution in [3.05, 3.63) is 66.1 Å². The van der Waals surface area contributed by atoms with E-state index in [2.05, 4.69) is 15.3 Å². The molecule has 0 spiro atoms. The van der Waals surface area contributed by atoms with Gasteiger partial charge in [-0.3, -0.25) is 9.78 Å². The molecule has 0 bridgehead atoms. The third kappa shape index (κ3) is 4.66. The predicted octanol–water partition coefficient (Wildman–Crippen LogP) is 3.64. The van der Waals surface area contributed by atoms with Crippen molar-refractivity contribution < 1.29 is 22.7 Å². The fourth-order valence-electron chi connectivity index (χ4n) is 3.30. The molecular weight excluding hydrogens is 418 g/mol. The highest BCUT2D eigenvalue weighted by Gasteiger charge is 2.34. The van der Waals surface area contributed by atoms with E-state index in [-0.39, 0.29) is 10.8 Å². The van der Waals surface area contributed by atoms with Crippen molar-refractivity contribution in [1.82, 2.24) is 9.97 Å². The van der Waals surface area contributed by atoms with Crippen LogP contribution in [-0.2, 0) is 16.3 Å². The first-order chi connectivity index (χ1) is 14.6. The summed E-state index contributed by atoms with van der Waals surface area (Å²) < 4.78 is 35.4. The van der Waals surface area contributed by atoms with Crippen LogP contribution in [0.1, 0.15) is 29.8 Å². The molecule has 1 aromatic heterocycles. The average Bonchev–Trinajstić information content (AvgIpc) is 3.02. The summed E-state index contributed by atoms with van der Waals surface area (Å²) in [6, 6.07) is 9.44. The van der Waals surface area contributed by atoms with Crippen molar-refractivity contribution in [2.45, 2.75) is 30.8 Å². The molecule has 31 heavy (non-hydrogen) atoms. The molecule has 0 saturated carbocycles. The zero-order chi connectivity index (χ0) is 22.2. The third-order valence-corrected chi connectivity index (χ3v) is 5.83. The summed E-state index contributed by atoms with van der Waals surface area (Å²) in [7, 11) is -3.30. The number of aromatic nitrogens is 2. The molecule has 0 fully saturated rings. The molecule has 0 unspecified atom stereocenters. The third-order valence-electron chi connectivity index (χ3n) is 4.70. The highest BCUT2D eigenvalue weighted by molar-refractivity contribution is 7.90. The topological polar surface area (TPSA) is 107 Å². The van der Waals surface area contributed by atoms with Crippen molar-refractivity contribution in [2.75, 3.05) is 11.6 Å². The van der Waals surface area contributed by atoms with Crippen molar-refractivity contribution >= 4 is 21.6 Å². The molecule has 1 N–H and O–H groups in total. The lowest BCUT2D eigenvalue weighted by Gasteiger charge is -2.16. The Bertz CT molecular complexity index is 1240. The van der Waals surface area contributed by atoms with Crippen LogP contribution in [0.2, 0.25) is 0 Å². The molecule has 9 heteroatoms. The Morgan fingerprint density at radius 3 is 2.55 bits per heavy atom. The number of ether oxygens (including phenoxy) is 2. The minimum absolute atomic E-state index is 0.201. The Balaban J connectivity index is 1.67. The zero-order valence-electron chi connectivity index (χ0n) is 17.2. The van der Waals surface area contributed by atoms with Crippen LogP contribution in [0.15, 0.2) is 59.9 Å². The Labute approximate surface area is 180 Å². The van der Waals surface area contributed by atoms with Crippen LogP contribution < -0.4 is 14.8 Å². The molecular formula is C22H21N3O5S. The maximum atomic E-state index is 12.8. The first-order valence-corrected chi connectivity index (χ1v) is 11.4. The molecule has 8 nitrogen and oxygen atoms in total. The van der Waals surface area contributed by atoms with Crippen LogP contribution >= 0.6 is 0 Å². The van der Waals surface area contributed by atoms with Crippen LogP contribution in [0.4, 0.5) is 5.82 Å². The number of rotatable bonds is 5. The molecule has 2 heterocycles. The number of hydrogen-bond acceptors (Lipinski definition) is 7. The van der Waals surface area contributed by atoms with Gasteiger partial charge in [-0.25, -0.2) is 13.4 Å². The van der Waals surface area contributed by atoms with E-state index in [9.17, 15) is 13.2 Å². The number of carbonyl (C=O) groups excluding carboxylic acids is 1. The summed E-state index contributed by atoms with van der Waals surface area (Å²) in [5, 5.41) is 2.69. The smallest absolute Gasteiger partial charge is 0.257 e. The first kappa shape index (κ1) is 20.8. The second-order valence-corrected chi connectivity index (χ2v) is 9.90. The molecule has 4 rings (SSSR count). The summed E-state index contributed by atoms with van der Waals surface area (Å²) in [6.45, 7) is 3.91. The lowest BCUT2D eigenvalue weighted by Crippen LogP contribution is -2.24. The summed E-state index contributed by atoms with van der Waals surface area (Å²) in [4.78, 5) is 21.0. The number of carbonyl (C=O) groups is 1. The van der Waals surface area contributed by atoms with Gasteiger partial charge < -0.3 is 14.8 Å². The summed E-state index contributed by atoms with van der Waals surface area (Å²) in [5.74, 6) is 1.44. The molecule has 1 amide bonds. The number of nitrogens with one attached hydrogen (secondary N) is 1. The monoisotopic (exact) mass is 439 g/mol. The highest BCUT2D eigenvalue weighted by Crippen LogP contribution is 2.43. The maximum absolute atomic E-state index is 12.8. The van der Waals surface area contributed by atoms with Gasteiger partial charge in [0.25, 0.3) is 5.91 Å². The standard InChI is InChI=1S/C22H21N3O5S/c1-22(2)12-17-18(29-15-4-6-16(7-5-15)31(3,27)28)10-14(11-19(17)30-22)21(26)25-20-13-23-8-9-24-20/h4-11,13H,12H2,1-3H3,(H,24,25,26). The SMILES string of the molecule is CC1(C)Cc2c(Oc3ccc(S(C)(=O)=O)cc3)cc(C(=O)Nc3cnccn3)cc2O1. The fourth-order valence-corrected chi connectivity index (χ4v) is 3.93. The number of nitrogens with zero attached hydrogens (tertiary/aromatic N) is 2. The normalized spacial score (nSPS) is 14.4. The van der Waals surface area contributed by atoms with Gasteiger partial charge in [0.05, 0.1) is 11.1 Å². The molecule has 3 aromatic rings. The largest absolute Gasteiger partial charge is 0.487 e. The van der Waals surface area contributed by atoms with E-state index < -0.39 is 15.4 Å². The minimum atomic E-state index is -3.30. The van der Waals surface area contributed by atoms with Gasteiger partial charge in [0.2, 0.25) is 0 Å². The molecule has 160 valence electrons. The second kappa shape index (κ2) is 7.66. The van der Waals surface area contributed by atoms with E-state index in [1.165, 1.54) is 30.7 Å². The minimum Gasteiger partial charge on any atom is -0.487 e. The van der Waals surface area contributed by atoms with Gasteiger partial charge in [-0.15, -0.1) is 0 Å². The van der Waals surface area contributed by atoms with Crippen LogP contribution in [0.25, 0.3) is 0 Å². The van der Waals surface area contributed by atoms with Gasteiger partial charge in [0.1, 0.15) is 22.8 Å². The van der Waals surface area contributed by atoms with Crippen molar-refractivity contribution in [3.63, 3.8) is 0 Å². The van der Waals surface area contributed by atoms with Gasteiger partial charge >= 0.3 is 0 Å². The number of amides is 1. The summed E-state index contributed by atoms with van der Waals surface area (Å²) in [5.41, 5.74) is 0.735. The number of hydrogen-bond donors (Lipinski definition) is 1. The van der Waals surface area contributed by atoms with Crippen molar-refractivity contribution in [1.29, 1.82) is 0 Å². The lowest BCUT2D eigenvalue weighted by molar-refractivity contribution is 0.102. The fraction of sp³-hybridized carbons (Fsp3) is 0.227.